The lowest BCUT2D eigenvalue weighted by Crippen LogP contribution is -2.53. The van der Waals surface area contributed by atoms with Gasteiger partial charge in [0.2, 0.25) is 17.6 Å². The lowest BCUT2D eigenvalue weighted by atomic mass is 9.71. The zero-order chi connectivity index (χ0) is 35.5. The molecular formula is C33H37BN2O13. The van der Waals surface area contributed by atoms with Crippen molar-refractivity contribution in [3.63, 3.8) is 0 Å². The van der Waals surface area contributed by atoms with Crippen LogP contribution in [-0.4, -0.2) is 112 Å². The molecule has 0 spiro atoms. The van der Waals surface area contributed by atoms with Crippen LogP contribution in [0.1, 0.15) is 82.2 Å². The second-order valence-electron chi connectivity index (χ2n) is 13.0. The van der Waals surface area contributed by atoms with Gasteiger partial charge in [-0.2, -0.15) is 0 Å². The summed E-state index contributed by atoms with van der Waals surface area (Å²) in [5.41, 5.74) is 2.30. The van der Waals surface area contributed by atoms with Crippen LogP contribution in [0.5, 0.6) is 17.2 Å². The van der Waals surface area contributed by atoms with Crippen LogP contribution < -0.4 is 10.5 Å². The molecule has 0 aromatic heterocycles. The van der Waals surface area contributed by atoms with E-state index >= 15 is 0 Å². The highest BCUT2D eigenvalue weighted by Gasteiger charge is 2.50. The van der Waals surface area contributed by atoms with Gasteiger partial charge in [0.05, 0.1) is 48.7 Å². The molecule has 15 nitrogen and oxygen atoms in total. The first kappa shape index (κ1) is 34.7. The Morgan fingerprint density at radius 1 is 1.10 bits per heavy atom. The summed E-state index contributed by atoms with van der Waals surface area (Å²) in [5.74, 6) is -4.90. The van der Waals surface area contributed by atoms with Gasteiger partial charge in [0.1, 0.15) is 22.8 Å². The maximum atomic E-state index is 13.9. The summed E-state index contributed by atoms with van der Waals surface area (Å²) in [7, 11) is 1.13. The quantitative estimate of drug-likeness (QED) is 0.0848. The van der Waals surface area contributed by atoms with E-state index < -0.39 is 102 Å². The molecule has 2 aromatic carbocycles. The molecule has 2 amide bonds. The molecule has 16 heteroatoms. The minimum atomic E-state index is -2.28. The van der Waals surface area contributed by atoms with Crippen LogP contribution in [0, 0.1) is 5.92 Å². The SMILES string of the molecule is COc1cccc2c1C(=O)c1c(O)c3c(c(O)c1C2=O)C[C@@](O)(C(=O)COBCN1C(=O)CC(C)C1=O)C[C@@H]3OC1CC(N)C(O)C(C)O1. The minimum Gasteiger partial charge on any atom is -0.507 e. The van der Waals surface area contributed by atoms with E-state index in [9.17, 15) is 44.4 Å². The number of fused-ring (bicyclic) bond motifs is 3. The van der Waals surface area contributed by atoms with E-state index in [1.165, 1.54) is 25.3 Å². The Bertz CT molecular complexity index is 1750. The number of ketones is 3. The van der Waals surface area contributed by atoms with Crippen LogP contribution >= 0.6 is 0 Å². The standard InChI is InChI=1S/C33H37BN2O13/c1-13-7-21(38)36(32(13)44)12-34-47-11-20(37)33(45)9-16-24(19(10-33)49-22-8-17(35)27(39)14(2)48-22)31(43)26-25(29(16)41)28(40)15-5-4-6-18(46-3)23(15)30(26)42/h4-6,13-14,17,19,22,27,34,39,41,43,45H,7-12,35H2,1-3H3/t13?,14?,17?,19-,22?,27?,33-/m0/s1. The fourth-order valence-corrected chi connectivity index (χ4v) is 7.14. The number of nitrogens with two attached hydrogens (primary N) is 1. The number of hydrogen-bond donors (Lipinski definition) is 5. The summed E-state index contributed by atoms with van der Waals surface area (Å²) in [6, 6.07) is 3.58. The lowest BCUT2D eigenvalue weighted by molar-refractivity contribution is -0.247. The van der Waals surface area contributed by atoms with Gasteiger partial charge in [-0.3, -0.25) is 28.9 Å². The average molecular weight is 680 g/mol. The smallest absolute Gasteiger partial charge is 0.295 e. The number of carbonyl (C=O) groups is 5. The van der Waals surface area contributed by atoms with Crippen LogP contribution in [0.15, 0.2) is 18.2 Å². The normalized spacial score (nSPS) is 29.4. The number of aliphatic hydroxyl groups is 2. The fourth-order valence-electron chi connectivity index (χ4n) is 7.14. The molecular weight excluding hydrogens is 643 g/mol. The molecule has 260 valence electrons. The monoisotopic (exact) mass is 680 g/mol. The van der Waals surface area contributed by atoms with E-state index in [2.05, 4.69) is 0 Å². The van der Waals surface area contributed by atoms with Crippen molar-refractivity contribution in [3.05, 3.63) is 51.6 Å². The Morgan fingerprint density at radius 2 is 1.82 bits per heavy atom. The summed E-state index contributed by atoms with van der Waals surface area (Å²) in [4.78, 5) is 66.6. The van der Waals surface area contributed by atoms with Crippen LogP contribution in [0.2, 0.25) is 0 Å². The van der Waals surface area contributed by atoms with Crippen molar-refractivity contribution in [3.8, 4) is 17.2 Å². The van der Waals surface area contributed by atoms with Gasteiger partial charge in [0, 0.05) is 60.8 Å². The first-order valence-corrected chi connectivity index (χ1v) is 16.0. The third-order valence-corrected chi connectivity index (χ3v) is 9.82. The zero-order valence-corrected chi connectivity index (χ0v) is 27.1. The lowest BCUT2D eigenvalue weighted by Gasteiger charge is -2.42. The van der Waals surface area contributed by atoms with Crippen LogP contribution in [0.25, 0.3) is 0 Å². The third-order valence-electron chi connectivity index (χ3n) is 9.82. The molecule has 2 fully saturated rings. The Kier molecular flexibility index (Phi) is 9.15. The third kappa shape index (κ3) is 5.81. The molecule has 2 saturated heterocycles. The number of phenolic OH excluding ortho intramolecular Hbond substituents is 2. The van der Waals surface area contributed by atoms with Crippen molar-refractivity contribution in [2.24, 2.45) is 11.7 Å². The number of benzene rings is 2. The van der Waals surface area contributed by atoms with E-state index in [4.69, 9.17) is 24.6 Å². The second-order valence-corrected chi connectivity index (χ2v) is 13.0. The molecule has 0 bridgehead atoms. The molecule has 6 N–H and O–H groups in total. The number of hydrogen-bond acceptors (Lipinski definition) is 14. The van der Waals surface area contributed by atoms with Crippen molar-refractivity contribution < 1.29 is 63.3 Å². The molecule has 2 aromatic rings. The Hall–Kier alpha value is -4.19. The van der Waals surface area contributed by atoms with Crippen LogP contribution in [-0.2, 0) is 34.9 Å². The molecule has 5 unspecified atom stereocenters. The number of aromatic hydroxyl groups is 2. The average Bonchev–Trinajstić information content (AvgIpc) is 3.30. The molecule has 2 aliphatic carbocycles. The van der Waals surface area contributed by atoms with Gasteiger partial charge in [0.25, 0.3) is 7.48 Å². The number of amides is 2. The number of rotatable bonds is 9. The number of aliphatic hydroxyl groups excluding tert-OH is 1. The van der Waals surface area contributed by atoms with Gasteiger partial charge < -0.3 is 45.0 Å². The zero-order valence-electron chi connectivity index (χ0n) is 27.1. The molecule has 7 atom stereocenters. The highest BCUT2D eigenvalue weighted by Crippen LogP contribution is 2.52. The predicted octanol–water partition coefficient (Wildman–Crippen LogP) is -0.270. The van der Waals surface area contributed by atoms with E-state index in [1.54, 1.807) is 13.8 Å². The van der Waals surface area contributed by atoms with E-state index in [0.717, 1.165) is 4.90 Å². The largest absolute Gasteiger partial charge is 0.507 e. The fraction of sp³-hybridized carbons (Fsp3) is 0.485. The van der Waals surface area contributed by atoms with Gasteiger partial charge in [-0.1, -0.05) is 19.1 Å². The number of nitrogens with zero attached hydrogens (tertiary/aromatic N) is 1. The molecule has 0 saturated carbocycles. The van der Waals surface area contributed by atoms with Gasteiger partial charge in [-0.15, -0.1) is 0 Å². The van der Waals surface area contributed by atoms with Crippen LogP contribution in [0.3, 0.4) is 0 Å². The number of likely N-dealkylation sites (tertiary alicyclic amines) is 1. The van der Waals surface area contributed by atoms with Gasteiger partial charge in [-0.25, -0.2) is 0 Å². The number of phenols is 2. The first-order valence-electron chi connectivity index (χ1n) is 16.0. The highest BCUT2D eigenvalue weighted by molar-refractivity contribution is 6.31. The Labute approximate surface area is 281 Å². The second kappa shape index (κ2) is 12.9. The molecule has 2 aliphatic heterocycles. The maximum absolute atomic E-state index is 13.9. The Balaban J connectivity index is 1.35. The topological polar surface area (TPSA) is 232 Å². The molecule has 0 radical (unpaired) electrons. The van der Waals surface area contributed by atoms with Gasteiger partial charge >= 0.3 is 0 Å². The molecule has 2 heterocycles. The molecule has 6 rings (SSSR count). The summed E-state index contributed by atoms with van der Waals surface area (Å²) in [5, 5.41) is 45.5. The summed E-state index contributed by atoms with van der Waals surface area (Å²) in [6.07, 6.45) is -5.38. The van der Waals surface area contributed by atoms with Crippen molar-refractivity contribution in [2.75, 3.05) is 20.2 Å². The number of imide groups is 1. The van der Waals surface area contributed by atoms with E-state index in [0.29, 0.717) is 0 Å². The number of carbonyl (C=O) groups excluding carboxylic acids is 5. The predicted molar refractivity (Wildman–Crippen MR) is 168 cm³/mol. The van der Waals surface area contributed by atoms with Gasteiger partial charge in [-0.05, 0) is 13.0 Å². The maximum Gasteiger partial charge on any atom is 0.295 e. The highest BCUT2D eigenvalue weighted by atomic mass is 16.7. The molecule has 4 aliphatic rings. The Morgan fingerprint density at radius 3 is 2.47 bits per heavy atom. The van der Waals surface area contributed by atoms with Crippen molar-refractivity contribution in [2.45, 2.75) is 75.8 Å². The van der Waals surface area contributed by atoms with E-state index in [-0.39, 0.29) is 66.6 Å². The van der Waals surface area contributed by atoms with Gasteiger partial charge in [0.15, 0.2) is 17.9 Å². The number of ether oxygens (including phenoxy) is 3. The minimum absolute atomic E-state index is 0.0148. The summed E-state index contributed by atoms with van der Waals surface area (Å²) < 4.78 is 22.7. The number of Topliss-reactive ketones (excluding diaryl/α,β-unsaturated/α-hetero) is 1. The van der Waals surface area contributed by atoms with Crippen LogP contribution in [0.4, 0.5) is 0 Å². The number of methoxy groups -OCH3 is 1. The first-order chi connectivity index (χ1) is 23.2. The molecule has 49 heavy (non-hydrogen) atoms. The van der Waals surface area contributed by atoms with Crippen molar-refractivity contribution in [1.82, 2.24) is 4.90 Å². The summed E-state index contributed by atoms with van der Waals surface area (Å²) in [6.45, 7) is 2.56. The van der Waals surface area contributed by atoms with E-state index in [1.807, 2.05) is 0 Å². The van der Waals surface area contributed by atoms with Crippen molar-refractivity contribution in [1.29, 1.82) is 0 Å². The summed E-state index contributed by atoms with van der Waals surface area (Å²) >= 11 is 0. The van der Waals surface area contributed by atoms with Crippen molar-refractivity contribution >= 4 is 36.6 Å².